The van der Waals surface area contributed by atoms with Crippen LogP contribution in [-0.2, 0) is 0 Å². The third-order valence-corrected chi connectivity index (χ3v) is 11.8. The molecule has 0 bridgehead atoms. The minimum atomic E-state index is 0.827. The molecule has 0 atom stereocenters. The first-order valence-corrected chi connectivity index (χ1v) is 22.3. The predicted molar refractivity (Wildman–Crippen MR) is 278 cm³/mol. The van der Waals surface area contributed by atoms with Gasteiger partial charge in [-0.2, -0.15) is 0 Å². The van der Waals surface area contributed by atoms with Crippen molar-refractivity contribution in [1.29, 1.82) is 0 Å². The zero-order valence-corrected chi connectivity index (χ0v) is 37.8. The molecule has 0 fully saturated rings. The summed E-state index contributed by atoms with van der Waals surface area (Å²) in [6.07, 6.45) is 4.60. The number of nitrogens with zero attached hydrogens (tertiary/aromatic N) is 2. The molecule has 66 heavy (non-hydrogen) atoms. The third-order valence-electron chi connectivity index (χ3n) is 11.8. The minimum Gasteiger partial charge on any atom is -0.497 e. The van der Waals surface area contributed by atoms with E-state index in [1.807, 2.05) is 24.3 Å². The number of aryl methyl sites for hydroxylation is 2. The van der Waals surface area contributed by atoms with Crippen molar-refractivity contribution in [2.24, 2.45) is 0 Å². The van der Waals surface area contributed by atoms with Gasteiger partial charge >= 0.3 is 0 Å². The Bertz CT molecular complexity index is 2840. The molecule has 0 amide bonds. The summed E-state index contributed by atoms with van der Waals surface area (Å²) in [5.41, 5.74) is 17.9. The monoisotopic (exact) mass is 856 g/mol. The fraction of sp³-hybridized carbons (Fsp3) is 0.0645. The smallest absolute Gasteiger partial charge is 0.119 e. The van der Waals surface area contributed by atoms with Crippen molar-refractivity contribution in [3.05, 3.63) is 275 Å². The molecular weight excluding hydrogens is 805 g/mol. The van der Waals surface area contributed by atoms with Crippen LogP contribution in [0.15, 0.2) is 231 Å². The van der Waals surface area contributed by atoms with E-state index < -0.39 is 0 Å². The van der Waals surface area contributed by atoms with Crippen molar-refractivity contribution in [3.8, 4) is 11.5 Å². The maximum absolute atomic E-state index is 5.48. The molecule has 4 nitrogen and oxygen atoms in total. The largest absolute Gasteiger partial charge is 0.497 e. The van der Waals surface area contributed by atoms with E-state index in [1.54, 1.807) is 14.2 Å². The molecule has 0 N–H and O–H groups in total. The van der Waals surface area contributed by atoms with Gasteiger partial charge in [0.05, 0.1) is 14.2 Å². The Morgan fingerprint density at radius 1 is 0.318 bits per heavy atom. The molecule has 0 saturated carbocycles. The lowest BCUT2D eigenvalue weighted by Crippen LogP contribution is -2.09. The van der Waals surface area contributed by atoms with Crippen LogP contribution in [0.4, 0.5) is 34.1 Å². The molecule has 0 spiro atoms. The minimum absolute atomic E-state index is 0.827. The Morgan fingerprint density at radius 3 is 0.924 bits per heavy atom. The summed E-state index contributed by atoms with van der Waals surface area (Å²) >= 11 is 0. The van der Waals surface area contributed by atoms with E-state index in [4.69, 9.17) is 9.47 Å². The summed E-state index contributed by atoms with van der Waals surface area (Å²) in [4.78, 5) is 4.56. The normalized spacial score (nSPS) is 11.5. The van der Waals surface area contributed by atoms with Crippen molar-refractivity contribution < 1.29 is 9.47 Å². The molecule has 0 aliphatic carbocycles. The first-order chi connectivity index (χ1) is 32.4. The molecular formula is C62H52N2O2. The van der Waals surface area contributed by atoms with Gasteiger partial charge < -0.3 is 19.3 Å². The van der Waals surface area contributed by atoms with E-state index in [-0.39, 0.29) is 0 Å². The summed E-state index contributed by atoms with van der Waals surface area (Å²) in [5.74, 6) is 1.65. The van der Waals surface area contributed by atoms with E-state index in [2.05, 4.69) is 242 Å². The van der Waals surface area contributed by atoms with E-state index in [9.17, 15) is 0 Å². The standard InChI is InChI=1S/C62H52N2O2/c1-45-18-26-53(27-19-45)63(57-34-38-59(65-3)39-35-57)55-30-22-47(23-31-55)42-61(49-12-7-5-8-13-49)51-16-11-17-52(44-51)62(50-14-9-6-10-15-50)43-48-24-32-56(33-25-48)64(54-28-20-46(2)21-29-54)58-36-40-60(66-4)41-37-58/h5-44H,1-4H3/b61-42+,62-43+. The summed E-state index contributed by atoms with van der Waals surface area (Å²) in [6.45, 7) is 4.23. The number of ether oxygens (including phenoxy) is 2. The summed E-state index contributed by atoms with van der Waals surface area (Å²) in [6, 6.07) is 81.7. The lowest BCUT2D eigenvalue weighted by molar-refractivity contribution is 0.414. The van der Waals surface area contributed by atoms with Crippen LogP contribution in [0, 0.1) is 13.8 Å². The molecule has 0 heterocycles. The van der Waals surface area contributed by atoms with E-state index in [0.717, 1.165) is 90.2 Å². The Hall–Kier alpha value is -8.34. The van der Waals surface area contributed by atoms with Crippen molar-refractivity contribution in [2.45, 2.75) is 13.8 Å². The topological polar surface area (TPSA) is 24.9 Å². The highest BCUT2D eigenvalue weighted by atomic mass is 16.5. The van der Waals surface area contributed by atoms with Gasteiger partial charge in [0.15, 0.2) is 0 Å². The number of methoxy groups -OCH3 is 2. The lowest BCUT2D eigenvalue weighted by atomic mass is 9.90. The number of benzene rings is 9. The Balaban J connectivity index is 1.08. The van der Waals surface area contributed by atoms with Crippen molar-refractivity contribution in [3.63, 3.8) is 0 Å². The molecule has 0 unspecified atom stereocenters. The fourth-order valence-electron chi connectivity index (χ4n) is 8.27. The van der Waals surface area contributed by atoms with Crippen LogP contribution in [0.5, 0.6) is 11.5 Å². The zero-order valence-electron chi connectivity index (χ0n) is 37.8. The fourth-order valence-corrected chi connectivity index (χ4v) is 8.27. The molecule has 0 saturated heterocycles. The van der Waals surface area contributed by atoms with E-state index in [0.29, 0.717) is 0 Å². The SMILES string of the molecule is COc1ccc(N(c2ccc(C)cc2)c2ccc(/C=C(\c3ccccc3)c3cccc(/C(=C/c4ccc(N(c5ccc(C)cc5)c5ccc(OC)cc5)cc4)c4ccccc4)c3)cc2)cc1. The van der Waals surface area contributed by atoms with Gasteiger partial charge in [-0.05, 0) is 174 Å². The number of hydrogen-bond donors (Lipinski definition) is 0. The molecule has 0 aliphatic heterocycles. The van der Waals surface area contributed by atoms with E-state index >= 15 is 0 Å². The van der Waals surface area contributed by atoms with Crippen LogP contribution in [0.25, 0.3) is 23.3 Å². The highest BCUT2D eigenvalue weighted by molar-refractivity contribution is 5.96. The number of hydrogen-bond acceptors (Lipinski definition) is 4. The Labute approximate surface area is 389 Å². The van der Waals surface area contributed by atoms with Gasteiger partial charge in [0, 0.05) is 34.1 Å². The molecule has 0 aliphatic rings. The molecule has 322 valence electrons. The molecule has 4 heteroatoms. The van der Waals surface area contributed by atoms with Crippen LogP contribution >= 0.6 is 0 Å². The molecule has 0 radical (unpaired) electrons. The second-order valence-electron chi connectivity index (χ2n) is 16.3. The number of anilines is 6. The first-order valence-electron chi connectivity index (χ1n) is 22.3. The van der Waals surface area contributed by atoms with Crippen molar-refractivity contribution in [2.75, 3.05) is 24.0 Å². The summed E-state index contributed by atoms with van der Waals surface area (Å²) in [7, 11) is 3.40. The molecule has 9 aromatic rings. The van der Waals surface area contributed by atoms with Gasteiger partial charge in [-0.1, -0.05) is 139 Å². The molecule has 9 rings (SSSR count). The van der Waals surface area contributed by atoms with Crippen LogP contribution in [0.2, 0.25) is 0 Å². The van der Waals surface area contributed by atoms with Gasteiger partial charge in [-0.3, -0.25) is 0 Å². The molecule has 9 aromatic carbocycles. The maximum atomic E-state index is 5.48. The van der Waals surface area contributed by atoms with Crippen molar-refractivity contribution in [1.82, 2.24) is 0 Å². The molecule has 0 aromatic heterocycles. The summed E-state index contributed by atoms with van der Waals surface area (Å²) < 4.78 is 11.0. The second kappa shape index (κ2) is 20.0. The Kier molecular flexibility index (Phi) is 13.0. The summed E-state index contributed by atoms with van der Waals surface area (Å²) in [5, 5.41) is 0. The highest BCUT2D eigenvalue weighted by Gasteiger charge is 2.16. The van der Waals surface area contributed by atoms with Crippen molar-refractivity contribution >= 4 is 57.4 Å². The van der Waals surface area contributed by atoms with Crippen LogP contribution < -0.4 is 19.3 Å². The third kappa shape index (κ3) is 9.89. The van der Waals surface area contributed by atoms with Crippen LogP contribution in [0.3, 0.4) is 0 Å². The second-order valence-corrected chi connectivity index (χ2v) is 16.3. The van der Waals surface area contributed by atoms with Gasteiger partial charge in [-0.25, -0.2) is 0 Å². The quantitative estimate of drug-likeness (QED) is 0.102. The van der Waals surface area contributed by atoms with E-state index in [1.165, 1.54) is 11.1 Å². The highest BCUT2D eigenvalue weighted by Crippen LogP contribution is 2.39. The average molecular weight is 857 g/mol. The zero-order chi connectivity index (χ0) is 45.2. The van der Waals surface area contributed by atoms with Gasteiger partial charge in [0.2, 0.25) is 0 Å². The van der Waals surface area contributed by atoms with Gasteiger partial charge in [0.1, 0.15) is 11.5 Å². The lowest BCUT2D eigenvalue weighted by Gasteiger charge is -2.26. The van der Waals surface area contributed by atoms with Gasteiger partial charge in [-0.15, -0.1) is 0 Å². The van der Waals surface area contributed by atoms with Crippen LogP contribution in [-0.4, -0.2) is 14.2 Å². The Morgan fingerprint density at radius 2 is 0.606 bits per heavy atom. The number of rotatable bonds is 14. The first kappa shape index (κ1) is 42.9. The average Bonchev–Trinajstić information content (AvgIpc) is 3.38. The maximum Gasteiger partial charge on any atom is 0.119 e. The predicted octanol–water partition coefficient (Wildman–Crippen LogP) is 16.4. The van der Waals surface area contributed by atoms with Gasteiger partial charge in [0.25, 0.3) is 0 Å². The van der Waals surface area contributed by atoms with Crippen LogP contribution in [0.1, 0.15) is 44.5 Å².